The topological polar surface area (TPSA) is 147 Å². The molecule has 0 aliphatic carbocycles. The molecule has 0 saturated carbocycles. The molecular weight excluding hydrogens is 721 g/mol. The summed E-state index contributed by atoms with van der Waals surface area (Å²) in [5.41, 5.74) is 5.64. The minimum atomic E-state index is -0.535. The number of fused-ring (bicyclic) bond motifs is 5. The van der Waals surface area contributed by atoms with E-state index in [-0.39, 0.29) is 42.2 Å². The molecule has 5 heterocycles. The Labute approximate surface area is 331 Å². The number of benzene rings is 3. The lowest BCUT2D eigenvalue weighted by Gasteiger charge is -2.33. The molecule has 0 radical (unpaired) electrons. The van der Waals surface area contributed by atoms with Gasteiger partial charge in [-0.15, -0.1) is 0 Å². The van der Waals surface area contributed by atoms with Gasteiger partial charge in [0, 0.05) is 92.4 Å². The van der Waals surface area contributed by atoms with Crippen molar-refractivity contribution in [2.75, 3.05) is 32.7 Å². The summed E-state index contributed by atoms with van der Waals surface area (Å²) in [7, 11) is 0. The van der Waals surface area contributed by atoms with E-state index in [0.29, 0.717) is 55.9 Å². The number of carbonyl (C=O) groups is 3. The van der Waals surface area contributed by atoms with E-state index in [1.807, 2.05) is 37.8 Å². The number of amides is 3. The molecule has 2 saturated heterocycles. The number of likely N-dealkylation sites (tertiary alicyclic amines) is 2. The van der Waals surface area contributed by atoms with E-state index in [4.69, 9.17) is 14.7 Å². The standard InChI is InChI=1S/C44H52N8O5/c1-5-51-36-11-7-6-10-30(36)31-24-29(13-15-37(31)51)41-47-35-25-33-34(26-38(35)52(41)21-9-20-49-19-8-12-40(49)54)46-32(42(55)48-33)14-16-39(53)45-27-28-17-22-50(23-18-28)43(56)57-44(2,3)4/h6-7,10-11,13,15,24-26,28H,5,8-9,12,14,16-23,27H2,1-4H3,(H,45,53)(H,48,55). The number of carbonyl (C=O) groups excluding carboxylic acids is 3. The Morgan fingerprint density at radius 1 is 0.895 bits per heavy atom. The molecule has 2 aliphatic heterocycles. The first kappa shape index (κ1) is 38.2. The molecule has 3 aromatic carbocycles. The third-order valence-electron chi connectivity index (χ3n) is 11.4. The van der Waals surface area contributed by atoms with Crippen molar-refractivity contribution >= 4 is 61.8 Å². The number of rotatable bonds is 11. The zero-order chi connectivity index (χ0) is 39.8. The molecule has 13 nitrogen and oxygen atoms in total. The molecular formula is C44H52N8O5. The third kappa shape index (κ3) is 7.97. The van der Waals surface area contributed by atoms with Crippen LogP contribution < -0.4 is 10.9 Å². The van der Waals surface area contributed by atoms with Crippen molar-refractivity contribution in [1.29, 1.82) is 0 Å². The van der Waals surface area contributed by atoms with Crippen molar-refractivity contribution in [2.45, 2.75) is 91.3 Å². The SMILES string of the molecule is CCn1c2ccccc2c2cc(-c3nc4cc5[nH]c(=O)c(CCC(=O)NCC6CCN(C(=O)OC(C)(C)C)CC6)nc5cc4n3CCCN3CCCC3=O)ccc21. The first-order valence-corrected chi connectivity index (χ1v) is 20.4. The molecule has 13 heteroatoms. The summed E-state index contributed by atoms with van der Waals surface area (Å²) in [6, 6.07) is 18.9. The van der Waals surface area contributed by atoms with Gasteiger partial charge in [-0.05, 0) is 95.7 Å². The fourth-order valence-corrected chi connectivity index (χ4v) is 8.48. The fraction of sp³-hybridized carbons (Fsp3) is 0.455. The molecule has 0 atom stereocenters. The number of nitrogens with one attached hydrogen (secondary N) is 2. The normalized spacial score (nSPS) is 15.5. The molecule has 2 fully saturated rings. The highest BCUT2D eigenvalue weighted by Crippen LogP contribution is 2.34. The first-order chi connectivity index (χ1) is 27.5. The molecule has 2 N–H and O–H groups in total. The van der Waals surface area contributed by atoms with Crippen LogP contribution in [-0.2, 0) is 33.8 Å². The Kier molecular flexibility index (Phi) is 10.5. The number of imidazole rings is 1. The highest BCUT2D eigenvalue weighted by atomic mass is 16.6. The highest BCUT2D eigenvalue weighted by molar-refractivity contribution is 6.09. The molecule has 0 unspecified atom stereocenters. The lowest BCUT2D eigenvalue weighted by atomic mass is 9.97. The quantitative estimate of drug-likeness (QED) is 0.148. The second-order valence-corrected chi connectivity index (χ2v) is 16.5. The third-order valence-corrected chi connectivity index (χ3v) is 11.4. The van der Waals surface area contributed by atoms with Crippen molar-refractivity contribution in [3.63, 3.8) is 0 Å². The van der Waals surface area contributed by atoms with Crippen LogP contribution in [0.25, 0.3) is 55.3 Å². The predicted octanol–water partition coefficient (Wildman–Crippen LogP) is 6.78. The van der Waals surface area contributed by atoms with Crippen LogP contribution in [0.5, 0.6) is 0 Å². The Balaban J connectivity index is 1.02. The van der Waals surface area contributed by atoms with E-state index in [1.54, 1.807) is 4.90 Å². The number of aromatic amines is 1. The van der Waals surface area contributed by atoms with Gasteiger partial charge in [-0.2, -0.15) is 0 Å². The lowest BCUT2D eigenvalue weighted by molar-refractivity contribution is -0.127. The van der Waals surface area contributed by atoms with E-state index >= 15 is 0 Å². The Hall–Kier alpha value is -5.72. The predicted molar refractivity (Wildman–Crippen MR) is 222 cm³/mol. The number of hydrogen-bond acceptors (Lipinski definition) is 7. The van der Waals surface area contributed by atoms with Gasteiger partial charge in [0.1, 0.15) is 17.1 Å². The average Bonchev–Trinajstić information content (AvgIpc) is 3.87. The van der Waals surface area contributed by atoms with Gasteiger partial charge >= 0.3 is 6.09 Å². The summed E-state index contributed by atoms with van der Waals surface area (Å²) in [5.74, 6) is 1.16. The summed E-state index contributed by atoms with van der Waals surface area (Å²) in [6.45, 7) is 12.4. The number of nitrogens with zero attached hydrogens (tertiary/aromatic N) is 6. The summed E-state index contributed by atoms with van der Waals surface area (Å²) in [5, 5.41) is 5.39. The summed E-state index contributed by atoms with van der Waals surface area (Å²) in [4.78, 5) is 67.7. The van der Waals surface area contributed by atoms with Crippen LogP contribution in [0.3, 0.4) is 0 Å². The van der Waals surface area contributed by atoms with Crippen LogP contribution in [0, 0.1) is 5.92 Å². The van der Waals surface area contributed by atoms with Gasteiger partial charge in [0.2, 0.25) is 11.8 Å². The molecule has 3 amide bonds. The van der Waals surface area contributed by atoms with E-state index in [9.17, 15) is 19.2 Å². The Bertz CT molecular complexity index is 2550. The van der Waals surface area contributed by atoms with Crippen LogP contribution in [0.1, 0.15) is 71.9 Å². The lowest BCUT2D eigenvalue weighted by Crippen LogP contribution is -2.43. The highest BCUT2D eigenvalue weighted by Gasteiger charge is 2.27. The van der Waals surface area contributed by atoms with Crippen molar-refractivity contribution < 1.29 is 19.1 Å². The number of piperidine rings is 1. The van der Waals surface area contributed by atoms with Crippen molar-refractivity contribution in [3.05, 3.63) is 70.6 Å². The zero-order valence-corrected chi connectivity index (χ0v) is 33.4. The number of H-pyrrole nitrogens is 1. The van der Waals surface area contributed by atoms with Crippen LogP contribution in [-0.4, -0.2) is 90.1 Å². The number of aryl methyl sites for hydroxylation is 3. The van der Waals surface area contributed by atoms with E-state index in [0.717, 1.165) is 61.2 Å². The molecule has 3 aromatic heterocycles. The maximum Gasteiger partial charge on any atom is 0.410 e. The zero-order valence-electron chi connectivity index (χ0n) is 33.4. The number of hydrogen-bond donors (Lipinski definition) is 2. The van der Waals surface area contributed by atoms with E-state index in [1.165, 1.54) is 21.8 Å². The van der Waals surface area contributed by atoms with Crippen molar-refractivity contribution in [2.24, 2.45) is 5.92 Å². The Morgan fingerprint density at radius 3 is 2.44 bits per heavy atom. The number of ether oxygens (including phenoxy) is 1. The smallest absolute Gasteiger partial charge is 0.410 e. The van der Waals surface area contributed by atoms with Crippen molar-refractivity contribution in [1.82, 2.24) is 39.2 Å². The molecule has 6 aromatic rings. The second kappa shape index (κ2) is 15.7. The first-order valence-electron chi connectivity index (χ1n) is 20.4. The molecule has 2 aliphatic rings. The minimum Gasteiger partial charge on any atom is -0.444 e. The van der Waals surface area contributed by atoms with Crippen molar-refractivity contribution in [3.8, 4) is 11.4 Å². The summed E-state index contributed by atoms with van der Waals surface area (Å²) >= 11 is 0. The van der Waals surface area contributed by atoms with Gasteiger partial charge in [-0.1, -0.05) is 18.2 Å². The Morgan fingerprint density at radius 2 is 1.68 bits per heavy atom. The maximum absolute atomic E-state index is 13.3. The molecule has 298 valence electrons. The van der Waals surface area contributed by atoms with Crippen LogP contribution in [0.2, 0.25) is 0 Å². The summed E-state index contributed by atoms with van der Waals surface area (Å²) in [6.07, 6.45) is 3.89. The van der Waals surface area contributed by atoms with Crippen LogP contribution >= 0.6 is 0 Å². The van der Waals surface area contributed by atoms with Crippen LogP contribution in [0.15, 0.2) is 59.4 Å². The van der Waals surface area contributed by atoms with Gasteiger partial charge in [0.05, 0.1) is 22.1 Å². The summed E-state index contributed by atoms with van der Waals surface area (Å²) < 4.78 is 10.0. The van der Waals surface area contributed by atoms with Gasteiger partial charge in [0.15, 0.2) is 0 Å². The number of aromatic nitrogens is 5. The van der Waals surface area contributed by atoms with Gasteiger partial charge in [-0.3, -0.25) is 14.4 Å². The number of para-hydroxylation sites is 1. The monoisotopic (exact) mass is 772 g/mol. The van der Waals surface area contributed by atoms with Gasteiger partial charge in [0.25, 0.3) is 5.56 Å². The molecule has 0 bridgehead atoms. The van der Waals surface area contributed by atoms with Gasteiger partial charge in [-0.25, -0.2) is 14.8 Å². The average molecular weight is 773 g/mol. The fourth-order valence-electron chi connectivity index (χ4n) is 8.48. The second-order valence-electron chi connectivity index (χ2n) is 16.5. The largest absolute Gasteiger partial charge is 0.444 e. The maximum atomic E-state index is 13.3. The van der Waals surface area contributed by atoms with Gasteiger partial charge < -0.3 is 34.0 Å². The molecule has 8 rings (SSSR count). The van der Waals surface area contributed by atoms with E-state index in [2.05, 4.69) is 68.8 Å². The molecule has 0 spiro atoms. The minimum absolute atomic E-state index is 0.134. The van der Waals surface area contributed by atoms with E-state index < -0.39 is 5.60 Å². The molecule has 57 heavy (non-hydrogen) atoms. The van der Waals surface area contributed by atoms with Crippen LogP contribution in [0.4, 0.5) is 4.79 Å².